The highest BCUT2D eigenvalue weighted by Crippen LogP contribution is 2.34. The van der Waals surface area contributed by atoms with Gasteiger partial charge in [0, 0.05) is 30.8 Å². The standard InChI is InChI=1S/C14H18N4/c1-10-9-17-18-7-6-16-13(14(10)18)12-4-2-11(8-15)3-5-12/h6-7,11-12,17H,2-5,9H2,1H3. The number of aliphatic imine (C=N–C) groups is 1. The van der Waals surface area contributed by atoms with Crippen molar-refractivity contribution in [2.24, 2.45) is 16.8 Å². The summed E-state index contributed by atoms with van der Waals surface area (Å²) in [5, 5.41) is 11.1. The van der Waals surface area contributed by atoms with E-state index in [4.69, 9.17) is 5.26 Å². The summed E-state index contributed by atoms with van der Waals surface area (Å²) < 4.78 is 0. The predicted octanol–water partition coefficient (Wildman–Crippen LogP) is 2.34. The van der Waals surface area contributed by atoms with Gasteiger partial charge >= 0.3 is 0 Å². The summed E-state index contributed by atoms with van der Waals surface area (Å²) in [6.45, 7) is 3.07. The van der Waals surface area contributed by atoms with Crippen molar-refractivity contribution in [1.82, 2.24) is 10.4 Å². The molecular formula is C14H18N4. The van der Waals surface area contributed by atoms with E-state index in [1.807, 2.05) is 12.4 Å². The second-order valence-corrected chi connectivity index (χ2v) is 5.32. The molecule has 0 aromatic rings. The van der Waals surface area contributed by atoms with Gasteiger partial charge in [-0.1, -0.05) is 0 Å². The number of nitrogens with one attached hydrogen (secondary N) is 1. The number of nitrogens with zero attached hydrogens (tertiary/aromatic N) is 3. The van der Waals surface area contributed by atoms with Crippen LogP contribution in [0.5, 0.6) is 0 Å². The van der Waals surface area contributed by atoms with Gasteiger partial charge in [-0.2, -0.15) is 5.26 Å². The molecule has 94 valence electrons. The van der Waals surface area contributed by atoms with Crippen molar-refractivity contribution >= 4 is 5.71 Å². The zero-order valence-corrected chi connectivity index (χ0v) is 10.7. The Balaban J connectivity index is 1.80. The summed E-state index contributed by atoms with van der Waals surface area (Å²) >= 11 is 0. The van der Waals surface area contributed by atoms with E-state index in [0.29, 0.717) is 5.92 Å². The Morgan fingerprint density at radius 2 is 2.17 bits per heavy atom. The summed E-state index contributed by atoms with van der Waals surface area (Å²) in [4.78, 5) is 4.61. The summed E-state index contributed by atoms with van der Waals surface area (Å²) in [6, 6.07) is 2.39. The van der Waals surface area contributed by atoms with Crippen LogP contribution >= 0.6 is 0 Å². The van der Waals surface area contributed by atoms with E-state index in [9.17, 15) is 0 Å². The van der Waals surface area contributed by atoms with Gasteiger partial charge in [-0.05, 0) is 38.2 Å². The second kappa shape index (κ2) is 4.58. The fraction of sp³-hybridized carbons (Fsp3) is 0.571. The van der Waals surface area contributed by atoms with Crippen LogP contribution in [0.25, 0.3) is 0 Å². The predicted molar refractivity (Wildman–Crippen MR) is 70.2 cm³/mol. The van der Waals surface area contributed by atoms with Crippen LogP contribution in [0, 0.1) is 23.2 Å². The number of nitriles is 1. The van der Waals surface area contributed by atoms with Gasteiger partial charge in [0.25, 0.3) is 0 Å². The molecule has 0 unspecified atom stereocenters. The molecule has 1 N–H and O–H groups in total. The lowest BCUT2D eigenvalue weighted by molar-refractivity contribution is 0.361. The average Bonchev–Trinajstić information content (AvgIpc) is 2.81. The van der Waals surface area contributed by atoms with Gasteiger partial charge in [0.05, 0.1) is 17.5 Å². The Labute approximate surface area is 108 Å². The zero-order chi connectivity index (χ0) is 12.5. The molecule has 4 heteroatoms. The van der Waals surface area contributed by atoms with Crippen LogP contribution in [0.3, 0.4) is 0 Å². The molecule has 3 aliphatic rings. The molecule has 2 heterocycles. The first-order valence-electron chi connectivity index (χ1n) is 6.66. The zero-order valence-electron chi connectivity index (χ0n) is 10.7. The van der Waals surface area contributed by atoms with E-state index < -0.39 is 0 Å². The minimum absolute atomic E-state index is 0.258. The normalized spacial score (nSPS) is 31.1. The molecule has 0 spiro atoms. The van der Waals surface area contributed by atoms with E-state index in [1.165, 1.54) is 17.0 Å². The first-order valence-corrected chi connectivity index (χ1v) is 6.66. The molecule has 1 aliphatic carbocycles. The topological polar surface area (TPSA) is 51.4 Å². The maximum absolute atomic E-state index is 8.96. The molecule has 0 saturated heterocycles. The first-order chi connectivity index (χ1) is 8.79. The Bertz CT molecular complexity index is 473. The number of allylic oxidation sites excluding steroid dienone is 1. The van der Waals surface area contributed by atoms with Gasteiger partial charge in [-0.3, -0.25) is 10.0 Å². The van der Waals surface area contributed by atoms with Gasteiger partial charge in [0.1, 0.15) is 0 Å². The molecule has 0 bridgehead atoms. The van der Waals surface area contributed by atoms with Gasteiger partial charge in [-0.15, -0.1) is 0 Å². The minimum atomic E-state index is 0.258. The Kier molecular flexibility index (Phi) is 2.92. The average molecular weight is 242 g/mol. The fourth-order valence-corrected chi connectivity index (χ4v) is 3.08. The van der Waals surface area contributed by atoms with E-state index in [0.717, 1.165) is 32.2 Å². The molecule has 3 rings (SSSR count). The molecule has 0 radical (unpaired) electrons. The van der Waals surface area contributed by atoms with Crippen molar-refractivity contribution in [3.8, 4) is 6.07 Å². The summed E-state index contributed by atoms with van der Waals surface area (Å²) in [6.07, 6.45) is 8.08. The highest BCUT2D eigenvalue weighted by Gasteiger charge is 2.32. The smallest absolute Gasteiger partial charge is 0.0791 e. The number of hydrazine groups is 1. The van der Waals surface area contributed by atoms with Crippen LogP contribution in [-0.2, 0) is 0 Å². The van der Waals surface area contributed by atoms with Crippen LogP contribution in [0.4, 0.5) is 0 Å². The molecule has 0 amide bonds. The van der Waals surface area contributed by atoms with Crippen molar-refractivity contribution < 1.29 is 0 Å². The molecule has 4 nitrogen and oxygen atoms in total. The number of hydrogen-bond acceptors (Lipinski definition) is 4. The maximum atomic E-state index is 8.96. The molecule has 1 saturated carbocycles. The van der Waals surface area contributed by atoms with Crippen molar-refractivity contribution in [3.05, 3.63) is 23.7 Å². The van der Waals surface area contributed by atoms with E-state index in [-0.39, 0.29) is 5.92 Å². The third-order valence-electron chi connectivity index (χ3n) is 4.13. The molecule has 0 aromatic heterocycles. The quantitative estimate of drug-likeness (QED) is 0.767. The van der Waals surface area contributed by atoms with E-state index in [1.54, 1.807) is 0 Å². The van der Waals surface area contributed by atoms with Crippen LogP contribution in [0.15, 0.2) is 28.7 Å². The van der Waals surface area contributed by atoms with Crippen LogP contribution in [-0.4, -0.2) is 17.3 Å². The van der Waals surface area contributed by atoms with Crippen molar-refractivity contribution in [1.29, 1.82) is 5.26 Å². The third kappa shape index (κ3) is 1.85. The lowest BCUT2D eigenvalue weighted by atomic mass is 9.79. The monoisotopic (exact) mass is 242 g/mol. The van der Waals surface area contributed by atoms with Gasteiger partial charge in [0.2, 0.25) is 0 Å². The Morgan fingerprint density at radius 1 is 1.39 bits per heavy atom. The molecule has 2 aliphatic heterocycles. The van der Waals surface area contributed by atoms with Crippen LogP contribution in [0.1, 0.15) is 32.6 Å². The molecule has 18 heavy (non-hydrogen) atoms. The van der Waals surface area contributed by atoms with E-state index >= 15 is 0 Å². The SMILES string of the molecule is CC1=C2C(C3CCC(C#N)CC3)=NC=CN2NC1. The number of hydrogen-bond donors (Lipinski definition) is 1. The van der Waals surface area contributed by atoms with Crippen molar-refractivity contribution in [3.63, 3.8) is 0 Å². The summed E-state index contributed by atoms with van der Waals surface area (Å²) in [5.41, 5.74) is 7.18. The lowest BCUT2D eigenvalue weighted by Crippen LogP contribution is -2.34. The highest BCUT2D eigenvalue weighted by molar-refractivity contribution is 6.03. The van der Waals surface area contributed by atoms with Crippen molar-refractivity contribution in [2.75, 3.05) is 6.54 Å². The highest BCUT2D eigenvalue weighted by atomic mass is 15.5. The molecular weight excluding hydrogens is 224 g/mol. The maximum Gasteiger partial charge on any atom is 0.0791 e. The molecule has 0 aromatic carbocycles. The number of fused-ring (bicyclic) bond motifs is 1. The molecule has 0 atom stereocenters. The van der Waals surface area contributed by atoms with Gasteiger partial charge in [0.15, 0.2) is 0 Å². The Morgan fingerprint density at radius 3 is 2.89 bits per heavy atom. The molecule has 1 fully saturated rings. The summed E-state index contributed by atoms with van der Waals surface area (Å²) in [7, 11) is 0. The third-order valence-corrected chi connectivity index (χ3v) is 4.13. The minimum Gasteiger partial charge on any atom is -0.281 e. The first kappa shape index (κ1) is 11.5. The van der Waals surface area contributed by atoms with Crippen molar-refractivity contribution in [2.45, 2.75) is 32.6 Å². The largest absolute Gasteiger partial charge is 0.281 e. The summed E-state index contributed by atoms with van der Waals surface area (Å²) in [5.74, 6) is 0.778. The van der Waals surface area contributed by atoms with Crippen LogP contribution < -0.4 is 5.43 Å². The number of rotatable bonds is 1. The Hall–Kier alpha value is -1.60. The lowest BCUT2D eigenvalue weighted by Gasteiger charge is -2.30. The fourth-order valence-electron chi connectivity index (χ4n) is 3.08. The van der Waals surface area contributed by atoms with Crippen LogP contribution in [0.2, 0.25) is 0 Å². The second-order valence-electron chi connectivity index (χ2n) is 5.32. The van der Waals surface area contributed by atoms with Gasteiger partial charge < -0.3 is 0 Å². The van der Waals surface area contributed by atoms with Gasteiger partial charge in [-0.25, -0.2) is 5.43 Å². The van der Waals surface area contributed by atoms with E-state index in [2.05, 4.69) is 28.4 Å².